The van der Waals surface area contributed by atoms with E-state index in [1.807, 2.05) is 12.1 Å². The molecule has 3 rings (SSSR count). The Morgan fingerprint density at radius 3 is 3.14 bits per heavy atom. The van der Waals surface area contributed by atoms with E-state index in [4.69, 9.17) is 4.42 Å². The summed E-state index contributed by atoms with van der Waals surface area (Å²) in [7, 11) is 0. The SMILES string of the molecule is Brc1ccc2oc3c(c2c1)C=IC=C3. The molecule has 2 aromatic rings. The Kier molecular flexibility index (Phi) is 2.09. The first-order valence-electron chi connectivity index (χ1n) is 4.18. The lowest BCUT2D eigenvalue weighted by molar-refractivity contribution is 0.604. The van der Waals surface area contributed by atoms with Gasteiger partial charge in [0.1, 0.15) is 11.3 Å². The lowest BCUT2D eigenvalue weighted by Crippen LogP contribution is -1.81. The largest absolute Gasteiger partial charge is 0.456 e. The van der Waals surface area contributed by atoms with E-state index in [1.165, 1.54) is 10.9 Å². The van der Waals surface area contributed by atoms with Gasteiger partial charge in [-0.3, -0.25) is 0 Å². The third-order valence-electron chi connectivity index (χ3n) is 2.18. The van der Waals surface area contributed by atoms with Crippen molar-refractivity contribution in [1.29, 1.82) is 0 Å². The van der Waals surface area contributed by atoms with Crippen LogP contribution in [0.3, 0.4) is 0 Å². The minimum atomic E-state index is 0.0862. The highest BCUT2D eigenvalue weighted by Crippen LogP contribution is 2.31. The van der Waals surface area contributed by atoms with Crippen LogP contribution in [0.4, 0.5) is 0 Å². The van der Waals surface area contributed by atoms with E-state index in [2.05, 4.69) is 36.2 Å². The average molecular weight is 361 g/mol. The van der Waals surface area contributed by atoms with Crippen molar-refractivity contribution in [2.45, 2.75) is 0 Å². The van der Waals surface area contributed by atoms with Crippen molar-refractivity contribution in [3.63, 3.8) is 0 Å². The highest BCUT2D eigenvalue weighted by Gasteiger charge is 2.11. The molecule has 0 saturated carbocycles. The molecule has 3 heteroatoms. The summed E-state index contributed by atoms with van der Waals surface area (Å²) in [6.07, 6.45) is 2.09. The Labute approximate surface area is 99.7 Å². The summed E-state index contributed by atoms with van der Waals surface area (Å²) in [5, 5.41) is 1.22. The maximum atomic E-state index is 5.72. The predicted octanol–water partition coefficient (Wildman–Crippen LogP) is 4.30. The van der Waals surface area contributed by atoms with Crippen molar-refractivity contribution in [3.8, 4) is 0 Å². The monoisotopic (exact) mass is 360 g/mol. The third kappa shape index (κ3) is 1.30. The summed E-state index contributed by atoms with van der Waals surface area (Å²) in [5.41, 5.74) is 2.25. The molecule has 0 unspecified atom stereocenters. The van der Waals surface area contributed by atoms with Crippen LogP contribution in [0.2, 0.25) is 0 Å². The molecule has 0 atom stereocenters. The Balaban J connectivity index is 2.45. The zero-order valence-corrected chi connectivity index (χ0v) is 10.9. The van der Waals surface area contributed by atoms with Crippen LogP contribution in [0.15, 0.2) is 31.2 Å². The fourth-order valence-corrected chi connectivity index (χ4v) is 3.64. The van der Waals surface area contributed by atoms with Crippen LogP contribution in [0.25, 0.3) is 17.0 Å². The van der Waals surface area contributed by atoms with Crippen LogP contribution in [-0.4, -0.2) is 4.01 Å². The molecule has 2 heterocycles. The van der Waals surface area contributed by atoms with Gasteiger partial charge in [-0.25, -0.2) is 0 Å². The van der Waals surface area contributed by atoms with Crippen LogP contribution >= 0.6 is 36.7 Å². The zero-order valence-electron chi connectivity index (χ0n) is 7.13. The van der Waals surface area contributed by atoms with Crippen molar-refractivity contribution in [2.75, 3.05) is 0 Å². The van der Waals surface area contributed by atoms with Crippen molar-refractivity contribution < 1.29 is 4.42 Å². The van der Waals surface area contributed by atoms with E-state index >= 15 is 0 Å². The second kappa shape index (κ2) is 3.31. The van der Waals surface area contributed by atoms with Gasteiger partial charge in [0.15, 0.2) is 0 Å². The maximum Gasteiger partial charge on any atom is 0.136 e. The van der Waals surface area contributed by atoms with Crippen LogP contribution in [-0.2, 0) is 0 Å². The molecule has 0 saturated heterocycles. The minimum absolute atomic E-state index is 0.0862. The number of fused-ring (bicyclic) bond motifs is 3. The van der Waals surface area contributed by atoms with Crippen LogP contribution in [0, 0.1) is 0 Å². The molecule has 1 aliphatic rings. The van der Waals surface area contributed by atoms with Gasteiger partial charge in [0.05, 0.1) is 0 Å². The fourth-order valence-electron chi connectivity index (χ4n) is 1.54. The van der Waals surface area contributed by atoms with E-state index in [-0.39, 0.29) is 20.7 Å². The molecular formula is C11H6BrIO. The second-order valence-electron chi connectivity index (χ2n) is 3.05. The Hall–Kier alpha value is -0.420. The van der Waals surface area contributed by atoms with Crippen molar-refractivity contribution >= 4 is 57.7 Å². The molecule has 70 valence electrons. The first kappa shape index (κ1) is 8.85. The van der Waals surface area contributed by atoms with E-state index in [9.17, 15) is 0 Å². The van der Waals surface area contributed by atoms with Gasteiger partial charge in [0, 0.05) is 15.4 Å². The number of hydrogen-bond donors (Lipinski definition) is 0. The van der Waals surface area contributed by atoms with Crippen molar-refractivity contribution in [2.24, 2.45) is 0 Å². The van der Waals surface area contributed by atoms with E-state index < -0.39 is 0 Å². The molecule has 1 nitrogen and oxygen atoms in total. The summed E-state index contributed by atoms with van der Waals surface area (Å²) >= 11 is 3.57. The molecule has 0 spiro atoms. The number of rotatable bonds is 0. The van der Waals surface area contributed by atoms with Gasteiger partial charge >= 0.3 is 0 Å². The highest BCUT2D eigenvalue weighted by atomic mass is 127. The van der Waals surface area contributed by atoms with Crippen LogP contribution in [0.5, 0.6) is 0 Å². The highest BCUT2D eigenvalue weighted by molar-refractivity contribution is 14.2. The van der Waals surface area contributed by atoms with E-state index in [0.29, 0.717) is 0 Å². The van der Waals surface area contributed by atoms with Gasteiger partial charge in [0.25, 0.3) is 0 Å². The lowest BCUT2D eigenvalue weighted by Gasteiger charge is -1.94. The number of hydrogen-bond acceptors (Lipinski definition) is 1. The van der Waals surface area contributed by atoms with Gasteiger partial charge < -0.3 is 4.42 Å². The first-order valence-corrected chi connectivity index (χ1v) is 7.47. The molecule has 1 aliphatic heterocycles. The first-order chi connectivity index (χ1) is 6.84. The van der Waals surface area contributed by atoms with Crippen LogP contribution < -0.4 is 0 Å². The molecule has 0 amide bonds. The smallest absolute Gasteiger partial charge is 0.136 e. The minimum Gasteiger partial charge on any atom is -0.456 e. The van der Waals surface area contributed by atoms with Gasteiger partial charge in [-0.1, -0.05) is 36.7 Å². The standard InChI is InChI=1S/C11H6BrIO/c12-7-1-2-10-8(5-7)9-6-13-4-3-11(9)14-10/h1-6H. The normalized spacial score (nSPS) is 14.1. The molecule has 0 radical (unpaired) electrons. The van der Waals surface area contributed by atoms with Gasteiger partial charge in [-0.15, -0.1) is 0 Å². The Morgan fingerprint density at radius 2 is 2.21 bits per heavy atom. The summed E-state index contributed by atoms with van der Waals surface area (Å²) in [6.45, 7) is 0. The molecule has 0 aliphatic carbocycles. The van der Waals surface area contributed by atoms with Crippen molar-refractivity contribution in [1.82, 2.24) is 0 Å². The molecule has 1 aromatic carbocycles. The molecule has 1 aromatic heterocycles. The quantitative estimate of drug-likeness (QED) is 0.638. The second-order valence-corrected chi connectivity index (χ2v) is 6.03. The molecule has 0 fully saturated rings. The van der Waals surface area contributed by atoms with Gasteiger partial charge in [-0.05, 0) is 32.4 Å². The molecule has 14 heavy (non-hydrogen) atoms. The molecular weight excluding hydrogens is 355 g/mol. The number of halogens is 2. The summed E-state index contributed by atoms with van der Waals surface area (Å²) in [5.74, 6) is 1.00. The Morgan fingerprint density at radius 1 is 1.29 bits per heavy atom. The van der Waals surface area contributed by atoms with E-state index in [1.54, 1.807) is 0 Å². The van der Waals surface area contributed by atoms with Gasteiger partial charge in [0.2, 0.25) is 0 Å². The number of furan rings is 1. The number of benzene rings is 1. The molecule has 0 N–H and O–H groups in total. The Bertz CT molecular complexity index is 566. The predicted molar refractivity (Wildman–Crippen MR) is 72.1 cm³/mol. The molecule has 0 bridgehead atoms. The average Bonchev–Trinajstić information content (AvgIpc) is 2.56. The topological polar surface area (TPSA) is 13.1 Å². The van der Waals surface area contributed by atoms with Crippen LogP contribution in [0.1, 0.15) is 11.3 Å². The fraction of sp³-hybridized carbons (Fsp3) is 0. The summed E-state index contributed by atoms with van der Waals surface area (Å²) in [4.78, 5) is 0. The third-order valence-corrected chi connectivity index (χ3v) is 4.43. The summed E-state index contributed by atoms with van der Waals surface area (Å²) in [6, 6.07) is 6.14. The lowest BCUT2D eigenvalue weighted by atomic mass is 10.1. The van der Waals surface area contributed by atoms with Crippen molar-refractivity contribution in [3.05, 3.63) is 38.1 Å². The zero-order chi connectivity index (χ0) is 9.54. The maximum absolute atomic E-state index is 5.72. The van der Waals surface area contributed by atoms with Gasteiger partial charge in [-0.2, -0.15) is 0 Å². The van der Waals surface area contributed by atoms with E-state index in [0.717, 1.165) is 15.8 Å². The summed E-state index contributed by atoms with van der Waals surface area (Å²) < 4.78 is 11.4.